The first kappa shape index (κ1) is 13.7. The molecule has 0 aliphatic rings. The van der Waals surface area contributed by atoms with Crippen molar-refractivity contribution in [3.63, 3.8) is 0 Å². The molecule has 0 unspecified atom stereocenters. The van der Waals surface area contributed by atoms with E-state index < -0.39 is 0 Å². The maximum absolute atomic E-state index is 7.75. The molecule has 1 heteroatoms. The molecule has 0 fully saturated rings. The van der Waals surface area contributed by atoms with Gasteiger partial charge in [-0.1, -0.05) is 72.8 Å². The van der Waals surface area contributed by atoms with Crippen LogP contribution in [0, 0.1) is 5.41 Å². The van der Waals surface area contributed by atoms with Crippen LogP contribution in [-0.4, -0.2) is 5.71 Å². The van der Waals surface area contributed by atoms with Gasteiger partial charge >= 0.3 is 0 Å². The molecule has 110 valence electrons. The van der Waals surface area contributed by atoms with Crippen molar-refractivity contribution in [1.82, 2.24) is 0 Å². The average Bonchev–Trinajstić information content (AvgIpc) is 2.61. The summed E-state index contributed by atoms with van der Waals surface area (Å²) in [7, 11) is 0. The number of hydrogen-bond donors (Lipinski definition) is 1. The SMILES string of the molecule is CC(=N)c1ccc(-c2cc3ccccc3c3ccccc23)cc1. The van der Waals surface area contributed by atoms with Crippen LogP contribution < -0.4 is 0 Å². The van der Waals surface area contributed by atoms with Crippen LogP contribution in [0.25, 0.3) is 32.7 Å². The Labute approximate surface area is 135 Å². The Bertz CT molecular complexity index is 1030. The van der Waals surface area contributed by atoms with Gasteiger partial charge in [0.1, 0.15) is 0 Å². The Hall–Kier alpha value is -2.93. The van der Waals surface area contributed by atoms with Crippen molar-refractivity contribution in [1.29, 1.82) is 5.41 Å². The van der Waals surface area contributed by atoms with E-state index in [4.69, 9.17) is 5.41 Å². The zero-order valence-corrected chi connectivity index (χ0v) is 13.0. The predicted octanol–water partition coefficient (Wildman–Crippen LogP) is 6.05. The zero-order valence-electron chi connectivity index (χ0n) is 13.0. The molecule has 23 heavy (non-hydrogen) atoms. The van der Waals surface area contributed by atoms with E-state index in [-0.39, 0.29) is 0 Å². The molecule has 0 aliphatic carbocycles. The van der Waals surface area contributed by atoms with E-state index in [1.807, 2.05) is 19.1 Å². The molecule has 0 radical (unpaired) electrons. The summed E-state index contributed by atoms with van der Waals surface area (Å²) in [5.74, 6) is 0. The van der Waals surface area contributed by atoms with Crippen molar-refractivity contribution in [3.8, 4) is 11.1 Å². The van der Waals surface area contributed by atoms with Crippen LogP contribution in [-0.2, 0) is 0 Å². The molecule has 0 bridgehead atoms. The van der Waals surface area contributed by atoms with Crippen molar-refractivity contribution in [2.45, 2.75) is 6.92 Å². The van der Waals surface area contributed by atoms with Crippen LogP contribution in [0.4, 0.5) is 0 Å². The van der Waals surface area contributed by atoms with Crippen molar-refractivity contribution < 1.29 is 0 Å². The third-order valence-electron chi connectivity index (χ3n) is 4.40. The standard InChI is InChI=1S/C22H17N/c1-15(23)16-10-12-17(13-11-16)22-14-18-6-2-3-7-19(18)20-8-4-5-9-21(20)22/h2-14,23H,1H3. The monoisotopic (exact) mass is 295 g/mol. The van der Waals surface area contributed by atoms with Gasteiger partial charge in [-0.25, -0.2) is 0 Å². The van der Waals surface area contributed by atoms with Crippen LogP contribution in [0.3, 0.4) is 0 Å². The lowest BCUT2D eigenvalue weighted by atomic mass is 9.93. The first-order chi connectivity index (χ1) is 11.2. The van der Waals surface area contributed by atoms with Crippen LogP contribution >= 0.6 is 0 Å². The number of rotatable bonds is 2. The van der Waals surface area contributed by atoms with E-state index in [0.29, 0.717) is 5.71 Å². The van der Waals surface area contributed by atoms with E-state index in [1.165, 1.54) is 32.7 Å². The highest BCUT2D eigenvalue weighted by Crippen LogP contribution is 2.34. The topological polar surface area (TPSA) is 23.9 Å². The summed E-state index contributed by atoms with van der Waals surface area (Å²) in [4.78, 5) is 0. The molecule has 0 amide bonds. The maximum Gasteiger partial charge on any atom is 0.0355 e. The van der Waals surface area contributed by atoms with Gasteiger partial charge in [-0.05, 0) is 51.2 Å². The van der Waals surface area contributed by atoms with E-state index >= 15 is 0 Å². The molecule has 4 aromatic rings. The lowest BCUT2D eigenvalue weighted by Crippen LogP contribution is -1.91. The third kappa shape index (κ3) is 2.31. The molecular weight excluding hydrogens is 278 g/mol. The first-order valence-corrected chi connectivity index (χ1v) is 7.80. The minimum atomic E-state index is 0.597. The van der Waals surface area contributed by atoms with Gasteiger partial charge in [-0.3, -0.25) is 0 Å². The molecule has 1 N–H and O–H groups in total. The van der Waals surface area contributed by atoms with E-state index in [9.17, 15) is 0 Å². The van der Waals surface area contributed by atoms with Crippen LogP contribution in [0.1, 0.15) is 12.5 Å². The molecular formula is C22H17N. The quantitative estimate of drug-likeness (QED) is 0.344. The summed E-state index contributed by atoms with van der Waals surface area (Å²) in [6.45, 7) is 1.82. The maximum atomic E-state index is 7.75. The summed E-state index contributed by atoms with van der Waals surface area (Å²) >= 11 is 0. The Morgan fingerprint density at radius 2 is 1.30 bits per heavy atom. The predicted molar refractivity (Wildman–Crippen MR) is 99.4 cm³/mol. The van der Waals surface area contributed by atoms with Crippen molar-refractivity contribution in [3.05, 3.63) is 84.4 Å². The lowest BCUT2D eigenvalue weighted by Gasteiger charge is -2.11. The van der Waals surface area contributed by atoms with Gasteiger partial charge in [-0.2, -0.15) is 0 Å². The normalized spacial score (nSPS) is 11.0. The average molecular weight is 295 g/mol. The molecule has 0 aromatic heterocycles. The minimum absolute atomic E-state index is 0.597. The highest BCUT2D eigenvalue weighted by atomic mass is 14.4. The van der Waals surface area contributed by atoms with E-state index in [1.54, 1.807) is 0 Å². The molecule has 1 nitrogen and oxygen atoms in total. The van der Waals surface area contributed by atoms with Crippen LogP contribution in [0.5, 0.6) is 0 Å². The minimum Gasteiger partial charge on any atom is -0.305 e. The molecule has 0 saturated heterocycles. The van der Waals surface area contributed by atoms with Crippen molar-refractivity contribution in [2.24, 2.45) is 0 Å². The molecule has 0 heterocycles. The van der Waals surface area contributed by atoms with Gasteiger partial charge in [0.25, 0.3) is 0 Å². The first-order valence-electron chi connectivity index (χ1n) is 7.80. The molecule has 0 aliphatic heterocycles. The fourth-order valence-electron chi connectivity index (χ4n) is 3.19. The molecule has 0 atom stereocenters. The fraction of sp³-hybridized carbons (Fsp3) is 0.0455. The highest BCUT2D eigenvalue weighted by Gasteiger charge is 2.08. The van der Waals surface area contributed by atoms with Gasteiger partial charge in [0.15, 0.2) is 0 Å². The van der Waals surface area contributed by atoms with Crippen LogP contribution in [0.15, 0.2) is 78.9 Å². The summed E-state index contributed by atoms with van der Waals surface area (Å²) in [6.07, 6.45) is 0. The second kappa shape index (κ2) is 5.36. The van der Waals surface area contributed by atoms with Crippen molar-refractivity contribution in [2.75, 3.05) is 0 Å². The molecule has 4 rings (SSSR count). The number of hydrogen-bond acceptors (Lipinski definition) is 1. The van der Waals surface area contributed by atoms with Gasteiger partial charge in [-0.15, -0.1) is 0 Å². The van der Waals surface area contributed by atoms with Gasteiger partial charge in [0.05, 0.1) is 0 Å². The Morgan fingerprint density at radius 1 is 0.696 bits per heavy atom. The number of nitrogens with one attached hydrogen (secondary N) is 1. The summed E-state index contributed by atoms with van der Waals surface area (Å²) in [5.41, 5.74) is 4.00. The summed E-state index contributed by atoms with van der Waals surface area (Å²) < 4.78 is 0. The number of benzene rings is 4. The largest absolute Gasteiger partial charge is 0.305 e. The highest BCUT2D eigenvalue weighted by molar-refractivity contribution is 6.13. The lowest BCUT2D eigenvalue weighted by molar-refractivity contribution is 1.45. The molecule has 4 aromatic carbocycles. The third-order valence-corrected chi connectivity index (χ3v) is 4.40. The second-order valence-electron chi connectivity index (χ2n) is 5.89. The Kier molecular flexibility index (Phi) is 3.20. The van der Waals surface area contributed by atoms with Gasteiger partial charge in [0, 0.05) is 5.71 Å². The Balaban J connectivity index is 2.03. The van der Waals surface area contributed by atoms with E-state index in [2.05, 4.69) is 66.7 Å². The zero-order chi connectivity index (χ0) is 15.8. The Morgan fingerprint density at radius 3 is 2.00 bits per heavy atom. The van der Waals surface area contributed by atoms with Gasteiger partial charge in [0.2, 0.25) is 0 Å². The molecule has 0 spiro atoms. The number of fused-ring (bicyclic) bond motifs is 3. The summed E-state index contributed by atoms with van der Waals surface area (Å²) in [5, 5.41) is 12.9. The fourth-order valence-corrected chi connectivity index (χ4v) is 3.19. The second-order valence-corrected chi connectivity index (χ2v) is 5.89. The molecule has 0 saturated carbocycles. The van der Waals surface area contributed by atoms with E-state index in [0.717, 1.165) is 5.56 Å². The van der Waals surface area contributed by atoms with Crippen molar-refractivity contribution >= 4 is 27.3 Å². The smallest absolute Gasteiger partial charge is 0.0355 e. The van der Waals surface area contributed by atoms with Gasteiger partial charge < -0.3 is 5.41 Å². The van der Waals surface area contributed by atoms with Crippen LogP contribution in [0.2, 0.25) is 0 Å². The summed E-state index contributed by atoms with van der Waals surface area (Å²) in [6, 6.07) is 27.7.